The Bertz CT molecular complexity index is 596. The number of halogens is 1. The minimum absolute atomic E-state index is 0.233. The van der Waals surface area contributed by atoms with E-state index in [-0.39, 0.29) is 17.6 Å². The number of carbonyl (C=O) groups is 1. The van der Waals surface area contributed by atoms with Crippen LogP contribution in [0, 0.1) is 5.82 Å². The lowest BCUT2D eigenvalue weighted by atomic mass is 9.89. The molecule has 0 radical (unpaired) electrons. The number of rotatable bonds is 2. The number of carbonyl (C=O) groups excluding carboxylic acids is 1. The zero-order chi connectivity index (χ0) is 15.9. The average molecular weight is 320 g/mol. The largest absolute Gasteiger partial charge is 0.373 e. The van der Waals surface area contributed by atoms with Crippen molar-refractivity contribution in [3.8, 4) is 0 Å². The van der Waals surface area contributed by atoms with Crippen molar-refractivity contribution in [2.24, 2.45) is 0 Å². The molecule has 0 N–H and O–H groups in total. The van der Waals surface area contributed by atoms with Crippen LogP contribution in [0.5, 0.6) is 0 Å². The molecule has 3 fully saturated rings. The van der Waals surface area contributed by atoms with Gasteiger partial charge in [-0.2, -0.15) is 0 Å². The van der Waals surface area contributed by atoms with Gasteiger partial charge in [-0.1, -0.05) is 0 Å². The summed E-state index contributed by atoms with van der Waals surface area (Å²) in [7, 11) is 0. The van der Waals surface area contributed by atoms with Gasteiger partial charge >= 0.3 is 0 Å². The Labute approximate surface area is 134 Å². The van der Waals surface area contributed by atoms with Crippen molar-refractivity contribution in [2.45, 2.75) is 43.7 Å². The Hall–Kier alpha value is -1.76. The highest BCUT2D eigenvalue weighted by molar-refractivity contribution is 5.78. The van der Waals surface area contributed by atoms with Gasteiger partial charge in [0.25, 0.3) is 0 Å². The first-order valence-corrected chi connectivity index (χ1v) is 8.31. The monoisotopic (exact) mass is 320 g/mol. The summed E-state index contributed by atoms with van der Waals surface area (Å²) in [4.78, 5) is 24.2. The number of hydrogen-bond donors (Lipinski definition) is 0. The van der Waals surface area contributed by atoms with Crippen LogP contribution in [0.3, 0.4) is 0 Å². The number of anilines is 1. The molecule has 0 aliphatic carbocycles. The smallest absolute Gasteiger partial charge is 0.225 e. The van der Waals surface area contributed by atoms with Crippen molar-refractivity contribution in [1.82, 2.24) is 14.9 Å². The minimum atomic E-state index is -0.427. The van der Waals surface area contributed by atoms with Crippen molar-refractivity contribution >= 4 is 11.9 Å². The Kier molecular flexibility index (Phi) is 3.67. The van der Waals surface area contributed by atoms with E-state index in [1.165, 1.54) is 12.4 Å². The van der Waals surface area contributed by atoms with Gasteiger partial charge in [-0.3, -0.25) is 4.79 Å². The normalized spacial score (nSPS) is 31.3. The van der Waals surface area contributed by atoms with E-state index in [1.54, 1.807) is 0 Å². The van der Waals surface area contributed by atoms with E-state index < -0.39 is 5.82 Å². The standard InChI is InChI=1S/C16H21FN4O2/c17-12-9-18-15(19-10-12)20-6-4-16(11-20)8-13(3-7-23-16)21-5-1-2-14(21)22/h9-10,13H,1-8,11H2/t13-,16+/m0/s1. The number of hydrogen-bond acceptors (Lipinski definition) is 5. The molecule has 124 valence electrons. The molecule has 3 aliphatic heterocycles. The molecule has 1 amide bonds. The number of likely N-dealkylation sites (tertiary alicyclic amines) is 1. The van der Waals surface area contributed by atoms with Crippen molar-refractivity contribution in [3.63, 3.8) is 0 Å². The molecule has 6 nitrogen and oxygen atoms in total. The Morgan fingerprint density at radius 2 is 2.13 bits per heavy atom. The summed E-state index contributed by atoms with van der Waals surface area (Å²) in [6, 6.07) is 0.285. The van der Waals surface area contributed by atoms with E-state index in [2.05, 4.69) is 9.97 Å². The summed E-state index contributed by atoms with van der Waals surface area (Å²) in [6.07, 6.45) is 6.73. The van der Waals surface area contributed by atoms with Crippen molar-refractivity contribution in [2.75, 3.05) is 31.1 Å². The molecule has 0 saturated carbocycles. The van der Waals surface area contributed by atoms with Gasteiger partial charge in [-0.25, -0.2) is 14.4 Å². The molecular weight excluding hydrogens is 299 g/mol. The topological polar surface area (TPSA) is 58.6 Å². The summed E-state index contributed by atoms with van der Waals surface area (Å²) >= 11 is 0. The number of amides is 1. The third-order valence-electron chi connectivity index (χ3n) is 5.22. The molecule has 3 aliphatic rings. The van der Waals surface area contributed by atoms with Crippen LogP contribution in [0.4, 0.5) is 10.3 Å². The summed E-state index contributed by atoms with van der Waals surface area (Å²) in [6.45, 7) is 3.07. The Morgan fingerprint density at radius 1 is 1.30 bits per heavy atom. The van der Waals surface area contributed by atoms with E-state index in [0.717, 1.165) is 38.8 Å². The second-order valence-corrected chi connectivity index (χ2v) is 6.74. The molecule has 0 bridgehead atoms. The number of aromatic nitrogens is 2. The molecule has 0 unspecified atom stereocenters. The molecule has 3 saturated heterocycles. The maximum absolute atomic E-state index is 13.0. The third-order valence-corrected chi connectivity index (χ3v) is 5.22. The van der Waals surface area contributed by atoms with Gasteiger partial charge in [-0.05, 0) is 25.7 Å². The first kappa shape index (κ1) is 14.8. The summed E-state index contributed by atoms with van der Waals surface area (Å²) in [5.41, 5.74) is -0.233. The predicted octanol–water partition coefficient (Wildman–Crippen LogP) is 1.37. The molecule has 2 atom stereocenters. The van der Waals surface area contributed by atoms with Crippen LogP contribution in [0.15, 0.2) is 12.4 Å². The van der Waals surface area contributed by atoms with Crippen molar-refractivity contribution in [1.29, 1.82) is 0 Å². The first-order chi connectivity index (χ1) is 11.2. The maximum Gasteiger partial charge on any atom is 0.225 e. The van der Waals surface area contributed by atoms with Crippen LogP contribution < -0.4 is 4.90 Å². The third kappa shape index (κ3) is 2.78. The van der Waals surface area contributed by atoms with Crippen LogP contribution in [0.2, 0.25) is 0 Å². The summed E-state index contributed by atoms with van der Waals surface area (Å²) in [5, 5.41) is 0. The second kappa shape index (κ2) is 5.70. The highest BCUT2D eigenvalue weighted by Gasteiger charge is 2.46. The predicted molar refractivity (Wildman–Crippen MR) is 81.5 cm³/mol. The van der Waals surface area contributed by atoms with E-state index in [0.29, 0.717) is 25.5 Å². The SMILES string of the molecule is O=C1CCCN1[C@H]1CCO[C@]2(CCN(c3ncc(F)cn3)C2)C1. The Balaban J connectivity index is 1.46. The zero-order valence-corrected chi connectivity index (χ0v) is 13.1. The van der Waals surface area contributed by atoms with Gasteiger partial charge in [0.05, 0.1) is 24.5 Å². The van der Waals surface area contributed by atoms with E-state index >= 15 is 0 Å². The molecule has 23 heavy (non-hydrogen) atoms. The fourth-order valence-electron chi connectivity index (χ4n) is 4.09. The van der Waals surface area contributed by atoms with Crippen molar-refractivity contribution in [3.05, 3.63) is 18.2 Å². The molecule has 7 heteroatoms. The number of nitrogens with zero attached hydrogens (tertiary/aromatic N) is 4. The minimum Gasteiger partial charge on any atom is -0.373 e. The fraction of sp³-hybridized carbons (Fsp3) is 0.688. The first-order valence-electron chi connectivity index (χ1n) is 8.31. The lowest BCUT2D eigenvalue weighted by Gasteiger charge is -2.41. The summed E-state index contributed by atoms with van der Waals surface area (Å²) < 4.78 is 19.1. The molecule has 4 rings (SSSR count). The molecule has 4 heterocycles. The Morgan fingerprint density at radius 3 is 2.87 bits per heavy atom. The summed E-state index contributed by atoms with van der Waals surface area (Å²) in [5.74, 6) is 0.402. The van der Waals surface area contributed by atoms with E-state index in [1.807, 2.05) is 9.80 Å². The van der Waals surface area contributed by atoms with Crippen molar-refractivity contribution < 1.29 is 13.9 Å². The van der Waals surface area contributed by atoms with Crippen LogP contribution in [0.25, 0.3) is 0 Å². The highest BCUT2D eigenvalue weighted by Crippen LogP contribution is 2.37. The van der Waals surface area contributed by atoms with Crippen LogP contribution in [-0.4, -0.2) is 58.7 Å². The lowest BCUT2D eigenvalue weighted by Crippen LogP contribution is -2.50. The average Bonchev–Trinajstić information content (AvgIpc) is 3.15. The lowest BCUT2D eigenvalue weighted by molar-refractivity contribution is -0.136. The molecule has 1 aromatic heterocycles. The van der Waals surface area contributed by atoms with Gasteiger partial charge in [0.2, 0.25) is 11.9 Å². The van der Waals surface area contributed by atoms with Gasteiger partial charge in [-0.15, -0.1) is 0 Å². The quantitative estimate of drug-likeness (QED) is 0.824. The fourth-order valence-corrected chi connectivity index (χ4v) is 4.09. The highest BCUT2D eigenvalue weighted by atomic mass is 19.1. The van der Waals surface area contributed by atoms with E-state index in [9.17, 15) is 9.18 Å². The molecule has 1 spiro atoms. The van der Waals surface area contributed by atoms with Crippen LogP contribution in [0.1, 0.15) is 32.1 Å². The van der Waals surface area contributed by atoms with Gasteiger partial charge in [0.1, 0.15) is 0 Å². The number of ether oxygens (including phenoxy) is 1. The molecule has 1 aromatic rings. The van der Waals surface area contributed by atoms with E-state index in [4.69, 9.17) is 4.74 Å². The van der Waals surface area contributed by atoms with Gasteiger partial charge in [0, 0.05) is 32.2 Å². The van der Waals surface area contributed by atoms with Crippen LogP contribution in [-0.2, 0) is 9.53 Å². The van der Waals surface area contributed by atoms with Crippen LogP contribution >= 0.6 is 0 Å². The molecular formula is C16H21FN4O2. The van der Waals surface area contributed by atoms with Gasteiger partial charge < -0.3 is 14.5 Å². The second-order valence-electron chi connectivity index (χ2n) is 6.74. The molecule has 0 aromatic carbocycles. The van der Waals surface area contributed by atoms with Gasteiger partial charge in [0.15, 0.2) is 5.82 Å². The zero-order valence-electron chi connectivity index (χ0n) is 13.1. The maximum atomic E-state index is 13.0.